The van der Waals surface area contributed by atoms with Crippen molar-refractivity contribution >= 4 is 34.3 Å². The Balaban J connectivity index is 2.67. The van der Waals surface area contributed by atoms with E-state index in [4.69, 9.17) is 12.8 Å². The van der Waals surface area contributed by atoms with Gasteiger partial charge in [-0.1, -0.05) is 0 Å². The second kappa shape index (κ2) is 6.93. The van der Waals surface area contributed by atoms with E-state index in [0.717, 1.165) is 3.57 Å². The van der Waals surface area contributed by atoms with Crippen molar-refractivity contribution in [1.29, 1.82) is 0 Å². The van der Waals surface area contributed by atoms with Crippen molar-refractivity contribution in [3.05, 3.63) is 21.9 Å². The molecule has 0 aliphatic heterocycles. The number of hydrogen-bond acceptors (Lipinski definition) is 2. The molecule has 1 heterocycles. The number of hydrogen-bond donors (Lipinski definition) is 1. The van der Waals surface area contributed by atoms with E-state index < -0.39 is 0 Å². The molecule has 0 aromatic carbocycles. The van der Waals surface area contributed by atoms with E-state index in [0.29, 0.717) is 18.7 Å². The van der Waals surface area contributed by atoms with Crippen molar-refractivity contribution in [2.24, 2.45) is 5.92 Å². The summed E-state index contributed by atoms with van der Waals surface area (Å²) in [6, 6.07) is 3.60. The zero-order valence-electron chi connectivity index (χ0n) is 9.11. The van der Waals surface area contributed by atoms with Crippen LogP contribution in [0, 0.1) is 34.2 Å². The van der Waals surface area contributed by atoms with Crippen molar-refractivity contribution < 1.29 is 4.79 Å². The van der Waals surface area contributed by atoms with E-state index >= 15 is 0 Å². The van der Waals surface area contributed by atoms with Crippen LogP contribution < -0.4 is 5.32 Å². The lowest BCUT2D eigenvalue weighted by atomic mass is 10.0. The molecule has 3 nitrogen and oxygen atoms in total. The van der Waals surface area contributed by atoms with Crippen molar-refractivity contribution in [1.82, 2.24) is 4.98 Å². The molecule has 86 valence electrons. The highest BCUT2D eigenvalue weighted by Crippen LogP contribution is 2.12. The molecule has 0 fully saturated rings. The van der Waals surface area contributed by atoms with Crippen LogP contribution in [0.3, 0.4) is 0 Å². The summed E-state index contributed by atoms with van der Waals surface area (Å²) in [5.74, 6) is 4.87. The molecule has 0 atom stereocenters. The zero-order valence-corrected chi connectivity index (χ0v) is 11.3. The molecule has 0 unspecified atom stereocenters. The Hall–Kier alpha value is -1.53. The average molecular weight is 338 g/mol. The number of nitrogens with one attached hydrogen (secondary N) is 1. The van der Waals surface area contributed by atoms with Crippen molar-refractivity contribution in [2.75, 3.05) is 5.32 Å². The van der Waals surface area contributed by atoms with Gasteiger partial charge in [0.05, 0.1) is 5.92 Å². The van der Waals surface area contributed by atoms with Crippen LogP contribution in [0.15, 0.2) is 18.3 Å². The minimum atomic E-state index is -0.355. The Labute approximate surface area is 115 Å². The number of halogens is 1. The van der Waals surface area contributed by atoms with E-state index in [1.165, 1.54) is 0 Å². The Bertz CT molecular complexity index is 452. The average Bonchev–Trinajstić information content (AvgIpc) is 2.32. The largest absolute Gasteiger partial charge is 0.310 e. The molecular weight excluding hydrogens is 327 g/mol. The molecule has 0 radical (unpaired) electrons. The lowest BCUT2D eigenvalue weighted by Gasteiger charge is -2.11. The number of terminal acetylenes is 2. The number of carbonyl (C=O) groups is 1. The summed E-state index contributed by atoms with van der Waals surface area (Å²) >= 11 is 2.14. The first-order chi connectivity index (χ1) is 8.17. The van der Waals surface area contributed by atoms with Crippen LogP contribution >= 0.6 is 22.6 Å². The number of carbonyl (C=O) groups excluding carboxylic acids is 1. The maximum atomic E-state index is 11.8. The second-order valence-corrected chi connectivity index (χ2v) is 4.61. The van der Waals surface area contributed by atoms with Crippen molar-refractivity contribution in [3.8, 4) is 24.7 Å². The van der Waals surface area contributed by atoms with Crippen LogP contribution in [0.4, 0.5) is 5.82 Å². The molecule has 4 heteroatoms. The highest BCUT2D eigenvalue weighted by Gasteiger charge is 2.16. The molecule has 1 rings (SSSR count). The van der Waals surface area contributed by atoms with Gasteiger partial charge in [-0.05, 0) is 34.7 Å². The summed E-state index contributed by atoms with van der Waals surface area (Å²) in [4.78, 5) is 15.9. The van der Waals surface area contributed by atoms with Gasteiger partial charge in [0.2, 0.25) is 5.91 Å². The number of rotatable bonds is 4. The van der Waals surface area contributed by atoms with Gasteiger partial charge in [0.1, 0.15) is 5.82 Å². The number of aromatic nitrogens is 1. The summed E-state index contributed by atoms with van der Waals surface area (Å²) in [6.07, 6.45) is 12.7. The summed E-state index contributed by atoms with van der Waals surface area (Å²) in [5, 5.41) is 2.69. The molecule has 1 aromatic rings. The fourth-order valence-electron chi connectivity index (χ4n) is 1.22. The van der Waals surface area contributed by atoms with Gasteiger partial charge in [-0.3, -0.25) is 4.79 Å². The third kappa shape index (κ3) is 4.46. The van der Waals surface area contributed by atoms with Gasteiger partial charge in [0.25, 0.3) is 0 Å². The summed E-state index contributed by atoms with van der Waals surface area (Å²) in [7, 11) is 0. The summed E-state index contributed by atoms with van der Waals surface area (Å²) in [5.41, 5.74) is 0. The fourth-order valence-corrected chi connectivity index (χ4v) is 1.54. The van der Waals surface area contributed by atoms with Gasteiger partial charge in [-0.25, -0.2) is 4.98 Å². The van der Waals surface area contributed by atoms with Gasteiger partial charge >= 0.3 is 0 Å². The number of anilines is 1. The third-order valence-electron chi connectivity index (χ3n) is 2.08. The van der Waals surface area contributed by atoms with E-state index in [2.05, 4.69) is 44.7 Å². The maximum Gasteiger partial charge on any atom is 0.230 e. The Morgan fingerprint density at radius 1 is 1.41 bits per heavy atom. The van der Waals surface area contributed by atoms with Gasteiger partial charge in [0, 0.05) is 22.6 Å². The topological polar surface area (TPSA) is 42.0 Å². The molecular formula is C13H11IN2O. The van der Waals surface area contributed by atoms with E-state index in [1.54, 1.807) is 12.3 Å². The summed E-state index contributed by atoms with van der Waals surface area (Å²) in [6.45, 7) is 0. The van der Waals surface area contributed by atoms with Crippen molar-refractivity contribution in [2.45, 2.75) is 12.8 Å². The van der Waals surface area contributed by atoms with Crippen LogP contribution in [0.2, 0.25) is 0 Å². The minimum Gasteiger partial charge on any atom is -0.310 e. The molecule has 1 aromatic heterocycles. The van der Waals surface area contributed by atoms with E-state index in [9.17, 15) is 4.79 Å². The molecule has 0 bridgehead atoms. The van der Waals surface area contributed by atoms with Crippen LogP contribution in [0.25, 0.3) is 0 Å². The smallest absolute Gasteiger partial charge is 0.230 e. The van der Waals surface area contributed by atoms with Gasteiger partial charge in [-0.2, -0.15) is 0 Å². The van der Waals surface area contributed by atoms with Gasteiger partial charge < -0.3 is 5.32 Å². The molecule has 0 aliphatic carbocycles. The Kier molecular flexibility index (Phi) is 5.51. The quantitative estimate of drug-likeness (QED) is 0.676. The number of pyridine rings is 1. The molecule has 1 N–H and O–H groups in total. The highest BCUT2D eigenvalue weighted by molar-refractivity contribution is 14.1. The van der Waals surface area contributed by atoms with Gasteiger partial charge in [-0.15, -0.1) is 24.7 Å². The third-order valence-corrected chi connectivity index (χ3v) is 2.72. The van der Waals surface area contributed by atoms with E-state index in [-0.39, 0.29) is 11.8 Å². The number of nitrogens with zero attached hydrogens (tertiary/aromatic N) is 1. The van der Waals surface area contributed by atoms with Gasteiger partial charge in [0.15, 0.2) is 0 Å². The monoisotopic (exact) mass is 338 g/mol. The normalized spacial score (nSPS) is 9.41. The van der Waals surface area contributed by atoms with Crippen molar-refractivity contribution in [3.63, 3.8) is 0 Å². The summed E-state index contributed by atoms with van der Waals surface area (Å²) < 4.78 is 1.00. The minimum absolute atomic E-state index is 0.186. The van der Waals surface area contributed by atoms with Crippen LogP contribution in [-0.4, -0.2) is 10.9 Å². The number of amides is 1. The fraction of sp³-hybridized carbons (Fsp3) is 0.231. The lowest BCUT2D eigenvalue weighted by molar-refractivity contribution is -0.119. The Morgan fingerprint density at radius 2 is 2.06 bits per heavy atom. The maximum absolute atomic E-state index is 11.8. The van der Waals surface area contributed by atoms with Crippen LogP contribution in [0.1, 0.15) is 12.8 Å². The highest BCUT2D eigenvalue weighted by atomic mass is 127. The second-order valence-electron chi connectivity index (χ2n) is 3.36. The molecule has 0 saturated carbocycles. The molecule has 17 heavy (non-hydrogen) atoms. The van der Waals surface area contributed by atoms with Crippen LogP contribution in [-0.2, 0) is 4.79 Å². The Morgan fingerprint density at radius 3 is 2.53 bits per heavy atom. The standard InChI is InChI=1S/C13H11IN2O/c1-3-5-10(6-4-2)13(17)16-12-8-7-11(14)9-15-12/h1-2,7-10H,5-6H2,(H,15,16,17). The SMILES string of the molecule is C#CCC(CC#C)C(=O)Nc1ccc(I)cn1. The predicted octanol–water partition coefficient (Wildman–Crippen LogP) is 2.29. The lowest BCUT2D eigenvalue weighted by Crippen LogP contribution is -2.22. The zero-order chi connectivity index (χ0) is 12.7. The van der Waals surface area contributed by atoms with E-state index in [1.807, 2.05) is 6.07 Å². The molecule has 0 aliphatic rings. The predicted molar refractivity (Wildman–Crippen MR) is 76.0 cm³/mol. The first-order valence-corrected chi connectivity index (χ1v) is 6.04. The molecule has 1 amide bonds. The first kappa shape index (κ1) is 13.5. The first-order valence-electron chi connectivity index (χ1n) is 4.96. The molecule has 0 saturated heterocycles. The van der Waals surface area contributed by atoms with Crippen LogP contribution in [0.5, 0.6) is 0 Å². The molecule has 0 spiro atoms.